The Hall–Kier alpha value is -2.78. The Morgan fingerprint density at radius 2 is 1.79 bits per heavy atom. The normalized spacial score (nSPS) is 11.2. The second-order valence-electron chi connectivity index (χ2n) is 6.34. The van der Waals surface area contributed by atoms with Crippen molar-refractivity contribution in [2.24, 2.45) is 0 Å². The minimum absolute atomic E-state index is 0.0845. The SMILES string of the molecule is Cc1nc(NS(=O)(=O)c2ccc(F)cc2)sc1C(=O)NCCCc1ccccc1. The molecule has 0 radical (unpaired) electrons. The fourth-order valence-electron chi connectivity index (χ4n) is 2.66. The van der Waals surface area contributed by atoms with Gasteiger partial charge in [-0.15, -0.1) is 0 Å². The molecule has 0 fully saturated rings. The molecule has 0 bridgehead atoms. The van der Waals surface area contributed by atoms with E-state index < -0.39 is 15.8 Å². The first-order chi connectivity index (χ1) is 13.8. The number of nitrogens with zero attached hydrogens (tertiary/aromatic N) is 1. The quantitative estimate of drug-likeness (QED) is 0.530. The predicted molar refractivity (Wildman–Crippen MR) is 111 cm³/mol. The number of carbonyl (C=O) groups excluding carboxylic acids is 1. The van der Waals surface area contributed by atoms with Crippen molar-refractivity contribution in [3.8, 4) is 0 Å². The van der Waals surface area contributed by atoms with Crippen molar-refractivity contribution in [1.82, 2.24) is 10.3 Å². The lowest BCUT2D eigenvalue weighted by atomic mass is 10.1. The van der Waals surface area contributed by atoms with Crippen LogP contribution in [0.3, 0.4) is 0 Å². The molecule has 9 heteroatoms. The number of hydrogen-bond donors (Lipinski definition) is 2. The highest BCUT2D eigenvalue weighted by Crippen LogP contribution is 2.25. The summed E-state index contributed by atoms with van der Waals surface area (Å²) in [4.78, 5) is 16.8. The maximum absolute atomic E-state index is 13.0. The maximum Gasteiger partial charge on any atom is 0.263 e. The monoisotopic (exact) mass is 433 g/mol. The van der Waals surface area contributed by atoms with E-state index in [2.05, 4.69) is 15.0 Å². The molecule has 0 aliphatic carbocycles. The Bertz CT molecular complexity index is 1080. The summed E-state index contributed by atoms with van der Waals surface area (Å²) in [5, 5.41) is 2.92. The van der Waals surface area contributed by atoms with Crippen LogP contribution in [0.4, 0.5) is 9.52 Å². The van der Waals surface area contributed by atoms with E-state index >= 15 is 0 Å². The number of sulfonamides is 1. The second-order valence-corrected chi connectivity index (χ2v) is 9.02. The summed E-state index contributed by atoms with van der Waals surface area (Å²) in [5.74, 6) is -0.819. The number of nitrogens with one attached hydrogen (secondary N) is 2. The van der Waals surface area contributed by atoms with Gasteiger partial charge in [0.1, 0.15) is 10.7 Å². The van der Waals surface area contributed by atoms with E-state index in [1.807, 2.05) is 30.3 Å². The largest absolute Gasteiger partial charge is 0.351 e. The topological polar surface area (TPSA) is 88.2 Å². The molecule has 0 spiro atoms. The van der Waals surface area contributed by atoms with Gasteiger partial charge in [0.25, 0.3) is 15.9 Å². The van der Waals surface area contributed by atoms with Crippen LogP contribution < -0.4 is 10.0 Å². The van der Waals surface area contributed by atoms with Crippen molar-refractivity contribution in [3.63, 3.8) is 0 Å². The highest BCUT2D eigenvalue weighted by atomic mass is 32.2. The number of aryl methyl sites for hydroxylation is 2. The molecule has 0 saturated carbocycles. The minimum atomic E-state index is -3.91. The summed E-state index contributed by atoms with van der Waals surface area (Å²) in [7, 11) is -3.91. The zero-order chi connectivity index (χ0) is 20.9. The van der Waals surface area contributed by atoms with Gasteiger partial charge < -0.3 is 5.32 Å². The molecule has 152 valence electrons. The van der Waals surface area contributed by atoms with Crippen LogP contribution in [0.25, 0.3) is 0 Å². The summed E-state index contributed by atoms with van der Waals surface area (Å²) in [6.45, 7) is 2.15. The van der Waals surface area contributed by atoms with Crippen LogP contribution in [0.1, 0.15) is 27.3 Å². The highest BCUT2D eigenvalue weighted by Gasteiger charge is 2.20. The molecule has 1 amide bonds. The first-order valence-corrected chi connectivity index (χ1v) is 11.2. The Morgan fingerprint density at radius 1 is 1.10 bits per heavy atom. The number of benzene rings is 2. The van der Waals surface area contributed by atoms with Crippen molar-refractivity contribution < 1.29 is 17.6 Å². The zero-order valence-corrected chi connectivity index (χ0v) is 17.3. The third-order valence-electron chi connectivity index (χ3n) is 4.12. The Kier molecular flexibility index (Phi) is 6.60. The molecule has 1 aromatic heterocycles. The Balaban J connectivity index is 1.59. The van der Waals surface area contributed by atoms with Crippen LogP contribution in [0.5, 0.6) is 0 Å². The molecular weight excluding hydrogens is 413 g/mol. The molecule has 1 heterocycles. The first-order valence-electron chi connectivity index (χ1n) is 8.93. The van der Waals surface area contributed by atoms with Gasteiger partial charge in [0, 0.05) is 6.54 Å². The molecule has 2 N–H and O–H groups in total. The molecule has 0 unspecified atom stereocenters. The lowest BCUT2D eigenvalue weighted by Crippen LogP contribution is -2.24. The van der Waals surface area contributed by atoms with E-state index in [1.165, 1.54) is 17.7 Å². The van der Waals surface area contributed by atoms with E-state index in [1.54, 1.807) is 6.92 Å². The van der Waals surface area contributed by atoms with Crippen LogP contribution in [-0.2, 0) is 16.4 Å². The fraction of sp³-hybridized carbons (Fsp3) is 0.200. The van der Waals surface area contributed by atoms with Gasteiger partial charge in [-0.3, -0.25) is 9.52 Å². The van der Waals surface area contributed by atoms with Crippen molar-refractivity contribution in [3.05, 3.63) is 76.5 Å². The summed E-state index contributed by atoms with van der Waals surface area (Å²) in [6, 6.07) is 14.4. The van der Waals surface area contributed by atoms with Gasteiger partial charge in [-0.05, 0) is 49.6 Å². The number of thiazole rings is 1. The number of halogens is 1. The molecule has 2 aromatic carbocycles. The van der Waals surface area contributed by atoms with Crippen LogP contribution in [-0.4, -0.2) is 25.9 Å². The zero-order valence-electron chi connectivity index (χ0n) is 15.7. The highest BCUT2D eigenvalue weighted by molar-refractivity contribution is 7.93. The van der Waals surface area contributed by atoms with Crippen LogP contribution in [0, 0.1) is 12.7 Å². The van der Waals surface area contributed by atoms with Gasteiger partial charge in [0.2, 0.25) is 0 Å². The van der Waals surface area contributed by atoms with Gasteiger partial charge in [-0.2, -0.15) is 0 Å². The Morgan fingerprint density at radius 3 is 2.48 bits per heavy atom. The molecular formula is C20H20FN3O3S2. The van der Waals surface area contributed by atoms with E-state index in [9.17, 15) is 17.6 Å². The average Bonchev–Trinajstić information content (AvgIpc) is 3.05. The lowest BCUT2D eigenvalue weighted by Gasteiger charge is -2.05. The number of carbonyl (C=O) groups is 1. The van der Waals surface area contributed by atoms with E-state index in [4.69, 9.17) is 0 Å². The van der Waals surface area contributed by atoms with Crippen molar-refractivity contribution >= 4 is 32.4 Å². The molecule has 0 atom stereocenters. The first kappa shape index (κ1) is 20.9. The van der Waals surface area contributed by atoms with Crippen molar-refractivity contribution in [2.75, 3.05) is 11.3 Å². The van der Waals surface area contributed by atoms with Gasteiger partial charge >= 0.3 is 0 Å². The van der Waals surface area contributed by atoms with Crippen molar-refractivity contribution in [1.29, 1.82) is 0 Å². The van der Waals surface area contributed by atoms with Gasteiger partial charge in [-0.1, -0.05) is 41.7 Å². The molecule has 3 rings (SSSR count). The van der Waals surface area contributed by atoms with E-state index in [0.29, 0.717) is 17.1 Å². The third kappa shape index (κ3) is 5.61. The standard InChI is InChI=1S/C20H20FN3O3S2/c1-14-18(19(25)22-13-5-8-15-6-3-2-4-7-15)28-20(23-14)24-29(26,27)17-11-9-16(21)10-12-17/h2-4,6-7,9-12H,5,8,13H2,1H3,(H,22,25)(H,23,24). The number of aromatic nitrogens is 1. The molecule has 0 aliphatic rings. The average molecular weight is 434 g/mol. The van der Waals surface area contributed by atoms with Crippen molar-refractivity contribution in [2.45, 2.75) is 24.7 Å². The minimum Gasteiger partial charge on any atom is -0.351 e. The Labute approximate surface area is 172 Å². The smallest absolute Gasteiger partial charge is 0.263 e. The van der Waals surface area contributed by atoms with Gasteiger partial charge in [0.15, 0.2) is 5.13 Å². The van der Waals surface area contributed by atoms with E-state index in [-0.39, 0.29) is 15.9 Å². The maximum atomic E-state index is 13.0. The van der Waals surface area contributed by atoms with Crippen LogP contribution in [0.2, 0.25) is 0 Å². The fourth-order valence-corrected chi connectivity index (χ4v) is 4.78. The van der Waals surface area contributed by atoms with Gasteiger partial charge in [-0.25, -0.2) is 17.8 Å². The molecule has 0 aliphatic heterocycles. The molecule has 0 saturated heterocycles. The summed E-state index contributed by atoms with van der Waals surface area (Å²) in [5.41, 5.74) is 1.64. The summed E-state index contributed by atoms with van der Waals surface area (Å²) >= 11 is 0.959. The number of hydrogen-bond acceptors (Lipinski definition) is 5. The van der Waals surface area contributed by atoms with Crippen LogP contribution in [0.15, 0.2) is 59.5 Å². The summed E-state index contributed by atoms with van der Waals surface area (Å²) in [6.07, 6.45) is 1.64. The van der Waals surface area contributed by atoms with Gasteiger partial charge in [0.05, 0.1) is 10.6 Å². The number of anilines is 1. The molecule has 29 heavy (non-hydrogen) atoms. The van der Waals surface area contributed by atoms with E-state index in [0.717, 1.165) is 36.3 Å². The lowest BCUT2D eigenvalue weighted by molar-refractivity contribution is 0.0956. The third-order valence-corrected chi connectivity index (χ3v) is 6.67. The second kappa shape index (κ2) is 9.15. The number of rotatable bonds is 8. The molecule has 6 nitrogen and oxygen atoms in total. The molecule has 3 aromatic rings. The number of amides is 1. The van der Waals surface area contributed by atoms with Crippen LogP contribution >= 0.6 is 11.3 Å². The predicted octanol–water partition coefficient (Wildman–Crippen LogP) is 3.75. The summed E-state index contributed by atoms with van der Waals surface area (Å²) < 4.78 is 40.1.